The number of nitrogens with zero attached hydrogens (tertiary/aromatic N) is 2. The fourth-order valence-corrected chi connectivity index (χ4v) is 4.05. The highest BCUT2D eigenvalue weighted by molar-refractivity contribution is 6.45. The SMILES string of the molecule is O=C(CC(O)C(=O)O)Nc1cccc2c(C(=O)C(=O)N3CCN(C(=O)c4ccccc4)CC3)c[nH]c12. The Morgan fingerprint density at radius 3 is 2.25 bits per heavy atom. The number of aromatic nitrogens is 1. The van der Waals surface area contributed by atoms with Gasteiger partial charge in [0.15, 0.2) is 6.10 Å². The molecule has 1 aliphatic heterocycles. The number of anilines is 1. The second-order valence-corrected chi connectivity index (χ2v) is 8.32. The van der Waals surface area contributed by atoms with Crippen molar-refractivity contribution < 1.29 is 34.2 Å². The number of H-pyrrole nitrogens is 1. The number of carboxylic acid groups (broad SMARTS) is 1. The summed E-state index contributed by atoms with van der Waals surface area (Å²) in [5, 5.41) is 21.0. The van der Waals surface area contributed by atoms with Gasteiger partial charge in [-0.3, -0.25) is 19.2 Å². The summed E-state index contributed by atoms with van der Waals surface area (Å²) in [6, 6.07) is 13.6. The van der Waals surface area contributed by atoms with Crippen LogP contribution in [-0.4, -0.2) is 86.8 Å². The molecule has 0 spiro atoms. The number of aliphatic hydroxyl groups is 1. The van der Waals surface area contributed by atoms with Crippen molar-refractivity contribution in [2.24, 2.45) is 0 Å². The van der Waals surface area contributed by atoms with E-state index in [-0.39, 0.29) is 30.2 Å². The third kappa shape index (κ3) is 5.10. The molecule has 11 nitrogen and oxygen atoms in total. The molecular formula is C25H24N4O7. The second kappa shape index (κ2) is 10.4. The number of hydrogen-bond donors (Lipinski definition) is 4. The molecule has 0 bridgehead atoms. The average molecular weight is 492 g/mol. The topological polar surface area (TPSA) is 160 Å². The number of piperazine rings is 1. The molecular weight excluding hydrogens is 468 g/mol. The summed E-state index contributed by atoms with van der Waals surface area (Å²) in [6.07, 6.45) is -1.11. The first kappa shape index (κ1) is 24.6. The first-order valence-electron chi connectivity index (χ1n) is 11.2. The van der Waals surface area contributed by atoms with Crippen LogP contribution in [0.4, 0.5) is 5.69 Å². The van der Waals surface area contributed by atoms with E-state index in [2.05, 4.69) is 10.3 Å². The largest absolute Gasteiger partial charge is 0.479 e. The van der Waals surface area contributed by atoms with Crippen molar-refractivity contribution in [1.82, 2.24) is 14.8 Å². The molecule has 4 N–H and O–H groups in total. The number of benzene rings is 2. The van der Waals surface area contributed by atoms with Crippen molar-refractivity contribution in [3.8, 4) is 0 Å². The molecule has 1 atom stereocenters. The second-order valence-electron chi connectivity index (χ2n) is 8.32. The molecule has 11 heteroatoms. The van der Waals surface area contributed by atoms with Gasteiger partial charge in [0.2, 0.25) is 5.91 Å². The zero-order valence-corrected chi connectivity index (χ0v) is 19.1. The summed E-state index contributed by atoms with van der Waals surface area (Å²) >= 11 is 0. The molecule has 3 amide bonds. The lowest BCUT2D eigenvalue weighted by atomic mass is 10.1. The lowest BCUT2D eigenvalue weighted by Crippen LogP contribution is -2.52. The van der Waals surface area contributed by atoms with Gasteiger partial charge in [0, 0.05) is 43.3 Å². The fourth-order valence-electron chi connectivity index (χ4n) is 4.05. The fraction of sp³-hybridized carbons (Fsp3) is 0.240. The van der Waals surface area contributed by atoms with Gasteiger partial charge in [-0.05, 0) is 18.2 Å². The number of hydrogen-bond acceptors (Lipinski definition) is 6. The Labute approximate surface area is 205 Å². The number of ketones is 1. The molecule has 1 aliphatic rings. The summed E-state index contributed by atoms with van der Waals surface area (Å²) in [5.74, 6) is -3.79. The Morgan fingerprint density at radius 1 is 0.917 bits per heavy atom. The number of rotatable bonds is 7. The van der Waals surface area contributed by atoms with Crippen molar-refractivity contribution in [1.29, 1.82) is 0 Å². The molecule has 0 aliphatic carbocycles. The van der Waals surface area contributed by atoms with Gasteiger partial charge < -0.3 is 30.3 Å². The lowest BCUT2D eigenvalue weighted by molar-refractivity contribution is -0.148. The third-order valence-corrected chi connectivity index (χ3v) is 5.97. The first-order valence-corrected chi connectivity index (χ1v) is 11.2. The maximum atomic E-state index is 13.0. The minimum absolute atomic E-state index is 0.125. The zero-order chi connectivity index (χ0) is 25.8. The summed E-state index contributed by atoms with van der Waals surface area (Å²) in [7, 11) is 0. The highest BCUT2D eigenvalue weighted by atomic mass is 16.4. The Morgan fingerprint density at radius 2 is 1.58 bits per heavy atom. The van der Waals surface area contributed by atoms with Crippen molar-refractivity contribution in [3.63, 3.8) is 0 Å². The number of aliphatic carboxylic acids is 1. The monoisotopic (exact) mass is 492 g/mol. The summed E-state index contributed by atoms with van der Waals surface area (Å²) < 4.78 is 0. The molecule has 2 aromatic carbocycles. The minimum Gasteiger partial charge on any atom is -0.479 e. The predicted molar refractivity (Wildman–Crippen MR) is 128 cm³/mol. The molecule has 1 unspecified atom stereocenters. The van der Waals surface area contributed by atoms with E-state index < -0.39 is 36.1 Å². The van der Waals surface area contributed by atoms with Gasteiger partial charge in [-0.2, -0.15) is 0 Å². The molecule has 36 heavy (non-hydrogen) atoms. The Bertz CT molecular complexity index is 1330. The van der Waals surface area contributed by atoms with Crippen LogP contribution in [-0.2, 0) is 14.4 Å². The number of aliphatic hydroxyl groups excluding tert-OH is 1. The number of nitrogens with one attached hydrogen (secondary N) is 2. The quantitative estimate of drug-likeness (QED) is 0.284. The predicted octanol–water partition coefficient (Wildman–Crippen LogP) is 1.11. The number of carbonyl (C=O) groups is 5. The molecule has 1 aromatic heterocycles. The highest BCUT2D eigenvalue weighted by Crippen LogP contribution is 2.26. The van der Waals surface area contributed by atoms with Crippen LogP contribution in [0.3, 0.4) is 0 Å². The standard InChI is InChI=1S/C25H24N4O7/c30-19(25(35)36)13-20(31)27-18-8-4-7-16-17(14-26-21(16)18)22(32)24(34)29-11-9-28(10-12-29)23(33)15-5-2-1-3-6-15/h1-8,14,19,26,30H,9-13H2,(H,27,31)(H,35,36). The zero-order valence-electron chi connectivity index (χ0n) is 19.1. The first-order chi connectivity index (χ1) is 17.3. The molecule has 1 saturated heterocycles. The van der Waals surface area contributed by atoms with Gasteiger partial charge in [-0.25, -0.2) is 4.79 Å². The van der Waals surface area contributed by atoms with Crippen molar-refractivity contribution in [2.45, 2.75) is 12.5 Å². The van der Waals surface area contributed by atoms with Crippen LogP contribution in [0.1, 0.15) is 27.1 Å². The van der Waals surface area contributed by atoms with Gasteiger partial charge in [-0.1, -0.05) is 30.3 Å². The van der Waals surface area contributed by atoms with E-state index in [1.807, 2.05) is 6.07 Å². The Kier molecular flexibility index (Phi) is 7.11. The molecule has 0 radical (unpaired) electrons. The maximum Gasteiger partial charge on any atom is 0.333 e. The van der Waals surface area contributed by atoms with Crippen LogP contribution >= 0.6 is 0 Å². The van der Waals surface area contributed by atoms with Crippen LogP contribution in [0.25, 0.3) is 10.9 Å². The normalized spacial score (nSPS) is 14.4. The molecule has 4 rings (SSSR count). The van der Waals surface area contributed by atoms with E-state index in [1.54, 1.807) is 47.4 Å². The van der Waals surface area contributed by atoms with E-state index >= 15 is 0 Å². The van der Waals surface area contributed by atoms with Crippen LogP contribution in [0.2, 0.25) is 0 Å². The van der Waals surface area contributed by atoms with E-state index in [1.165, 1.54) is 11.1 Å². The molecule has 1 fully saturated rings. The number of amides is 3. The summed E-state index contributed by atoms with van der Waals surface area (Å²) in [6.45, 7) is 1.05. The lowest BCUT2D eigenvalue weighted by Gasteiger charge is -2.34. The van der Waals surface area contributed by atoms with E-state index in [0.717, 1.165) is 0 Å². The number of para-hydroxylation sites is 1. The third-order valence-electron chi connectivity index (χ3n) is 5.97. The van der Waals surface area contributed by atoms with E-state index in [0.29, 0.717) is 29.6 Å². The van der Waals surface area contributed by atoms with E-state index in [4.69, 9.17) is 5.11 Å². The van der Waals surface area contributed by atoms with Gasteiger partial charge >= 0.3 is 5.97 Å². The highest BCUT2D eigenvalue weighted by Gasteiger charge is 2.30. The van der Waals surface area contributed by atoms with Crippen molar-refractivity contribution in [2.75, 3.05) is 31.5 Å². The molecule has 0 saturated carbocycles. The van der Waals surface area contributed by atoms with Gasteiger partial charge in [0.1, 0.15) is 0 Å². The number of carbonyl (C=O) groups excluding carboxylic acids is 4. The molecule has 186 valence electrons. The molecule has 2 heterocycles. The van der Waals surface area contributed by atoms with Crippen LogP contribution in [0.15, 0.2) is 54.7 Å². The van der Waals surface area contributed by atoms with Crippen molar-refractivity contribution >= 4 is 46.1 Å². The Hall–Kier alpha value is -4.51. The Balaban J connectivity index is 1.42. The number of aromatic amines is 1. The van der Waals surface area contributed by atoms with Gasteiger partial charge in [0.25, 0.3) is 17.6 Å². The number of fused-ring (bicyclic) bond motifs is 1. The van der Waals surface area contributed by atoms with Crippen LogP contribution in [0, 0.1) is 0 Å². The van der Waals surface area contributed by atoms with Gasteiger partial charge in [0.05, 0.1) is 23.2 Å². The average Bonchev–Trinajstić information content (AvgIpc) is 3.33. The summed E-state index contributed by atoms with van der Waals surface area (Å²) in [5.41, 5.74) is 1.34. The minimum atomic E-state index is -1.84. The molecule has 3 aromatic rings. The van der Waals surface area contributed by atoms with Gasteiger partial charge in [-0.15, -0.1) is 0 Å². The van der Waals surface area contributed by atoms with Crippen molar-refractivity contribution in [3.05, 3.63) is 65.9 Å². The number of Topliss-reactive ketones (excluding diaryl/α,β-unsaturated/α-hetero) is 1. The summed E-state index contributed by atoms with van der Waals surface area (Å²) in [4.78, 5) is 67.4. The smallest absolute Gasteiger partial charge is 0.333 e. The van der Waals surface area contributed by atoms with E-state index in [9.17, 15) is 29.1 Å². The van der Waals surface area contributed by atoms with Crippen LogP contribution in [0.5, 0.6) is 0 Å². The van der Waals surface area contributed by atoms with Crippen LogP contribution < -0.4 is 5.32 Å². The maximum absolute atomic E-state index is 13.0. The number of carboxylic acids is 1.